The van der Waals surface area contributed by atoms with Crippen molar-refractivity contribution >= 4 is 0 Å². The molecular weight excluding hydrogens is 207 g/mol. The predicted molar refractivity (Wildman–Crippen MR) is 59.0 cm³/mol. The van der Waals surface area contributed by atoms with E-state index in [4.69, 9.17) is 10.3 Å². The first-order valence-electron chi connectivity index (χ1n) is 4.96. The number of halogens is 1. The molecule has 0 radical (unpaired) electrons. The van der Waals surface area contributed by atoms with Crippen molar-refractivity contribution < 1.29 is 8.81 Å². The number of benzene rings is 1. The molecule has 0 saturated heterocycles. The molecule has 1 heterocycles. The first-order valence-corrected chi connectivity index (χ1v) is 4.96. The van der Waals surface area contributed by atoms with E-state index in [0.29, 0.717) is 5.56 Å². The van der Waals surface area contributed by atoms with Gasteiger partial charge in [-0.3, -0.25) is 5.84 Å². The lowest BCUT2D eigenvalue weighted by molar-refractivity contribution is 0.551. The quantitative estimate of drug-likeness (QED) is 0.616. The van der Waals surface area contributed by atoms with Gasteiger partial charge in [-0.25, -0.2) is 9.82 Å². The first kappa shape index (κ1) is 10.9. The van der Waals surface area contributed by atoms with Gasteiger partial charge in [0, 0.05) is 5.56 Å². The molecular formula is C12H13FN2O. The van der Waals surface area contributed by atoms with Crippen molar-refractivity contribution in [2.75, 3.05) is 0 Å². The van der Waals surface area contributed by atoms with Crippen molar-refractivity contribution in [3.05, 3.63) is 59.3 Å². The van der Waals surface area contributed by atoms with Gasteiger partial charge < -0.3 is 4.42 Å². The predicted octanol–water partition coefficient (Wildman–Crippen LogP) is 2.28. The van der Waals surface area contributed by atoms with Crippen LogP contribution in [0.4, 0.5) is 4.39 Å². The largest absolute Gasteiger partial charge is 0.472 e. The molecule has 1 aromatic heterocycles. The van der Waals surface area contributed by atoms with Crippen LogP contribution in [0.15, 0.2) is 41.2 Å². The minimum Gasteiger partial charge on any atom is -0.472 e. The molecule has 0 bridgehead atoms. The van der Waals surface area contributed by atoms with Crippen molar-refractivity contribution in [2.24, 2.45) is 5.84 Å². The number of hydrazine groups is 1. The van der Waals surface area contributed by atoms with E-state index in [9.17, 15) is 4.39 Å². The van der Waals surface area contributed by atoms with Crippen LogP contribution in [0.1, 0.15) is 22.7 Å². The summed E-state index contributed by atoms with van der Waals surface area (Å²) in [5, 5.41) is 0. The van der Waals surface area contributed by atoms with E-state index in [-0.39, 0.29) is 11.9 Å². The summed E-state index contributed by atoms with van der Waals surface area (Å²) in [6.07, 6.45) is 3.15. The monoisotopic (exact) mass is 220 g/mol. The summed E-state index contributed by atoms with van der Waals surface area (Å²) in [4.78, 5) is 0. The van der Waals surface area contributed by atoms with Crippen LogP contribution >= 0.6 is 0 Å². The van der Waals surface area contributed by atoms with Gasteiger partial charge in [-0.15, -0.1) is 0 Å². The van der Waals surface area contributed by atoms with Crippen LogP contribution in [0.2, 0.25) is 0 Å². The average molecular weight is 220 g/mol. The second-order valence-electron chi connectivity index (χ2n) is 3.66. The zero-order chi connectivity index (χ0) is 11.5. The third kappa shape index (κ3) is 1.98. The fourth-order valence-corrected chi connectivity index (χ4v) is 1.61. The van der Waals surface area contributed by atoms with Gasteiger partial charge in [0.15, 0.2) is 0 Å². The van der Waals surface area contributed by atoms with Gasteiger partial charge in [-0.2, -0.15) is 0 Å². The zero-order valence-corrected chi connectivity index (χ0v) is 8.91. The molecule has 3 N–H and O–H groups in total. The molecule has 0 aliphatic rings. The van der Waals surface area contributed by atoms with E-state index in [1.807, 2.05) is 6.07 Å². The summed E-state index contributed by atoms with van der Waals surface area (Å²) in [7, 11) is 0. The number of hydrogen-bond donors (Lipinski definition) is 2. The molecule has 2 aromatic rings. The van der Waals surface area contributed by atoms with Gasteiger partial charge in [-0.1, -0.05) is 12.1 Å². The highest BCUT2D eigenvalue weighted by atomic mass is 19.1. The Hall–Kier alpha value is -1.65. The lowest BCUT2D eigenvalue weighted by atomic mass is 10.0. The van der Waals surface area contributed by atoms with E-state index in [1.165, 1.54) is 6.07 Å². The third-order valence-corrected chi connectivity index (χ3v) is 2.57. The highest BCUT2D eigenvalue weighted by Gasteiger charge is 2.14. The molecule has 0 saturated carbocycles. The van der Waals surface area contributed by atoms with Gasteiger partial charge in [-0.05, 0) is 30.2 Å². The summed E-state index contributed by atoms with van der Waals surface area (Å²) in [6.45, 7) is 1.72. The third-order valence-electron chi connectivity index (χ3n) is 2.57. The smallest absolute Gasteiger partial charge is 0.126 e. The Morgan fingerprint density at radius 3 is 2.69 bits per heavy atom. The van der Waals surface area contributed by atoms with Gasteiger partial charge in [0.25, 0.3) is 0 Å². The van der Waals surface area contributed by atoms with Crippen molar-refractivity contribution in [3.8, 4) is 0 Å². The van der Waals surface area contributed by atoms with Gasteiger partial charge in [0.2, 0.25) is 0 Å². The minimum absolute atomic E-state index is 0.235. The molecule has 3 nitrogen and oxygen atoms in total. The number of nitrogens with one attached hydrogen (secondary N) is 1. The van der Waals surface area contributed by atoms with E-state index in [1.54, 1.807) is 31.6 Å². The maximum absolute atomic E-state index is 13.4. The molecule has 0 amide bonds. The minimum atomic E-state index is -0.256. The highest BCUT2D eigenvalue weighted by Crippen LogP contribution is 2.23. The number of nitrogens with two attached hydrogens (primary N) is 1. The summed E-state index contributed by atoms with van der Waals surface area (Å²) in [6, 6.07) is 6.59. The Kier molecular flexibility index (Phi) is 3.03. The Balaban J connectivity index is 2.37. The summed E-state index contributed by atoms with van der Waals surface area (Å²) in [5.74, 6) is 5.24. The summed E-state index contributed by atoms with van der Waals surface area (Å²) < 4.78 is 18.4. The molecule has 0 aliphatic heterocycles. The molecule has 2 rings (SSSR count). The van der Waals surface area contributed by atoms with Crippen LogP contribution < -0.4 is 11.3 Å². The first-order chi connectivity index (χ1) is 7.72. The Morgan fingerprint density at radius 1 is 1.31 bits per heavy atom. The second kappa shape index (κ2) is 4.47. The van der Waals surface area contributed by atoms with E-state index >= 15 is 0 Å². The maximum Gasteiger partial charge on any atom is 0.126 e. The fraction of sp³-hybridized carbons (Fsp3) is 0.167. The second-order valence-corrected chi connectivity index (χ2v) is 3.66. The SMILES string of the molecule is Cc1ccc(C(NN)c2ccoc2)cc1F. The van der Waals surface area contributed by atoms with E-state index in [0.717, 1.165) is 11.1 Å². The fourth-order valence-electron chi connectivity index (χ4n) is 1.61. The van der Waals surface area contributed by atoms with Gasteiger partial charge in [0.1, 0.15) is 5.82 Å². The number of hydrogen-bond acceptors (Lipinski definition) is 3. The molecule has 0 aliphatic carbocycles. The normalized spacial score (nSPS) is 12.7. The Morgan fingerprint density at radius 2 is 2.12 bits per heavy atom. The topological polar surface area (TPSA) is 51.2 Å². The maximum atomic E-state index is 13.4. The van der Waals surface area contributed by atoms with Crippen LogP contribution in [0.5, 0.6) is 0 Å². The Labute approximate surface area is 93.0 Å². The highest BCUT2D eigenvalue weighted by molar-refractivity contribution is 5.32. The van der Waals surface area contributed by atoms with Crippen molar-refractivity contribution in [1.29, 1.82) is 0 Å². The molecule has 84 valence electrons. The van der Waals surface area contributed by atoms with Crippen LogP contribution in [0.3, 0.4) is 0 Å². The zero-order valence-electron chi connectivity index (χ0n) is 8.91. The van der Waals surface area contributed by atoms with Crippen molar-refractivity contribution in [3.63, 3.8) is 0 Å². The molecule has 0 spiro atoms. The number of aryl methyl sites for hydroxylation is 1. The lowest BCUT2D eigenvalue weighted by Crippen LogP contribution is -2.28. The molecule has 4 heteroatoms. The molecule has 0 fully saturated rings. The summed E-state index contributed by atoms with van der Waals surface area (Å²) >= 11 is 0. The van der Waals surface area contributed by atoms with Gasteiger partial charge >= 0.3 is 0 Å². The standard InChI is InChI=1S/C12H13FN2O/c1-8-2-3-9(6-11(8)13)12(15-14)10-4-5-16-7-10/h2-7,12,15H,14H2,1H3. The number of rotatable bonds is 3. The van der Waals surface area contributed by atoms with E-state index < -0.39 is 0 Å². The van der Waals surface area contributed by atoms with E-state index in [2.05, 4.69) is 5.43 Å². The van der Waals surface area contributed by atoms with Crippen LogP contribution in [-0.4, -0.2) is 0 Å². The number of furan rings is 1. The molecule has 1 atom stereocenters. The molecule has 1 unspecified atom stereocenters. The van der Waals surface area contributed by atoms with Crippen LogP contribution in [0, 0.1) is 12.7 Å². The lowest BCUT2D eigenvalue weighted by Gasteiger charge is -2.15. The molecule has 1 aromatic carbocycles. The van der Waals surface area contributed by atoms with Crippen molar-refractivity contribution in [2.45, 2.75) is 13.0 Å². The van der Waals surface area contributed by atoms with Crippen molar-refractivity contribution in [1.82, 2.24) is 5.43 Å². The summed E-state index contributed by atoms with van der Waals surface area (Å²) in [5.41, 5.74) is 4.89. The Bertz CT molecular complexity index is 468. The van der Waals surface area contributed by atoms with Crippen LogP contribution in [0.25, 0.3) is 0 Å². The van der Waals surface area contributed by atoms with Gasteiger partial charge in [0.05, 0.1) is 18.6 Å². The molecule has 16 heavy (non-hydrogen) atoms. The average Bonchev–Trinajstić information content (AvgIpc) is 2.78. The van der Waals surface area contributed by atoms with Crippen LogP contribution in [-0.2, 0) is 0 Å².